The van der Waals surface area contributed by atoms with E-state index in [1.54, 1.807) is 7.11 Å². The van der Waals surface area contributed by atoms with Gasteiger partial charge >= 0.3 is 0 Å². The largest absolute Gasteiger partial charge is 0.497 e. The number of aryl methyl sites for hydroxylation is 2. The zero-order valence-electron chi connectivity index (χ0n) is 20.2. The first kappa shape index (κ1) is 24.8. The summed E-state index contributed by atoms with van der Waals surface area (Å²) >= 11 is 0. The predicted octanol–water partition coefficient (Wildman–Crippen LogP) is 3.60. The number of ether oxygens (including phenoxy) is 1. The van der Waals surface area contributed by atoms with E-state index in [2.05, 4.69) is 41.4 Å². The molecule has 6 heteroatoms. The summed E-state index contributed by atoms with van der Waals surface area (Å²) in [5.41, 5.74) is 3.55. The molecule has 1 heterocycles. The molecule has 1 unspecified atom stereocenters. The van der Waals surface area contributed by atoms with Crippen molar-refractivity contribution < 1.29 is 14.3 Å². The molecular weight excluding hydrogens is 414 g/mol. The first-order valence-corrected chi connectivity index (χ1v) is 12.0. The third-order valence-corrected chi connectivity index (χ3v) is 6.36. The Labute approximate surface area is 197 Å². The van der Waals surface area contributed by atoms with Crippen molar-refractivity contribution >= 4 is 11.8 Å². The summed E-state index contributed by atoms with van der Waals surface area (Å²) in [5.74, 6) is 1.04. The number of amides is 2. The van der Waals surface area contributed by atoms with Crippen LogP contribution in [0.5, 0.6) is 5.75 Å². The van der Waals surface area contributed by atoms with Gasteiger partial charge in [0.05, 0.1) is 19.7 Å². The number of carbonyl (C=O) groups is 2. The third kappa shape index (κ3) is 7.60. The van der Waals surface area contributed by atoms with Crippen molar-refractivity contribution in [3.8, 4) is 5.75 Å². The van der Waals surface area contributed by atoms with Gasteiger partial charge in [0.1, 0.15) is 5.75 Å². The van der Waals surface area contributed by atoms with Gasteiger partial charge in [0.15, 0.2) is 0 Å². The Kier molecular flexibility index (Phi) is 9.31. The van der Waals surface area contributed by atoms with E-state index in [1.165, 1.54) is 5.56 Å². The van der Waals surface area contributed by atoms with Crippen LogP contribution in [0.15, 0.2) is 48.5 Å². The minimum absolute atomic E-state index is 0.0218. The zero-order valence-corrected chi connectivity index (χ0v) is 20.2. The molecule has 0 spiro atoms. The van der Waals surface area contributed by atoms with Gasteiger partial charge in [-0.25, -0.2) is 0 Å². The summed E-state index contributed by atoms with van der Waals surface area (Å²) in [6, 6.07) is 16.3. The fourth-order valence-electron chi connectivity index (χ4n) is 4.20. The molecule has 0 aromatic heterocycles. The molecule has 3 rings (SSSR count). The molecule has 0 radical (unpaired) electrons. The Balaban J connectivity index is 1.41. The van der Waals surface area contributed by atoms with Crippen molar-refractivity contribution in [3.63, 3.8) is 0 Å². The van der Waals surface area contributed by atoms with Gasteiger partial charge in [0.25, 0.3) is 0 Å². The first-order chi connectivity index (χ1) is 16.0. The molecule has 6 nitrogen and oxygen atoms in total. The van der Waals surface area contributed by atoms with E-state index in [1.807, 2.05) is 36.1 Å². The molecular formula is C27H37N3O3. The number of rotatable bonds is 9. The van der Waals surface area contributed by atoms with Crippen molar-refractivity contribution in [2.24, 2.45) is 0 Å². The van der Waals surface area contributed by atoms with Gasteiger partial charge in [-0.3, -0.25) is 14.5 Å². The van der Waals surface area contributed by atoms with Crippen LogP contribution in [0.25, 0.3) is 0 Å². The van der Waals surface area contributed by atoms with Gasteiger partial charge in [0, 0.05) is 32.6 Å². The Hall–Kier alpha value is -2.86. The van der Waals surface area contributed by atoms with Crippen LogP contribution in [-0.4, -0.2) is 61.4 Å². The molecule has 2 aromatic carbocycles. The Morgan fingerprint density at radius 2 is 1.67 bits per heavy atom. The summed E-state index contributed by atoms with van der Waals surface area (Å²) in [4.78, 5) is 29.4. The van der Waals surface area contributed by atoms with Crippen LogP contribution in [0.4, 0.5) is 0 Å². The van der Waals surface area contributed by atoms with E-state index in [-0.39, 0.29) is 17.9 Å². The molecule has 1 N–H and O–H groups in total. The molecule has 0 saturated carbocycles. The molecule has 0 bridgehead atoms. The Morgan fingerprint density at radius 1 is 0.970 bits per heavy atom. The summed E-state index contributed by atoms with van der Waals surface area (Å²) in [7, 11) is 1.65. The van der Waals surface area contributed by atoms with E-state index in [9.17, 15) is 9.59 Å². The fourth-order valence-corrected chi connectivity index (χ4v) is 4.20. The van der Waals surface area contributed by atoms with E-state index in [0.717, 1.165) is 55.8 Å². The molecule has 1 saturated heterocycles. The lowest BCUT2D eigenvalue weighted by Gasteiger charge is -2.23. The van der Waals surface area contributed by atoms with Crippen molar-refractivity contribution in [1.82, 2.24) is 15.1 Å². The van der Waals surface area contributed by atoms with Gasteiger partial charge in [-0.1, -0.05) is 43.3 Å². The number of benzene rings is 2. The van der Waals surface area contributed by atoms with Gasteiger partial charge in [-0.05, 0) is 55.0 Å². The molecule has 0 aliphatic carbocycles. The van der Waals surface area contributed by atoms with Crippen LogP contribution in [0.2, 0.25) is 0 Å². The standard InChI is InChI=1S/C27H37N3O3/c1-4-22-6-11-24(12-7-22)21(2)28-26(31)20-29-16-5-17-30(19-18-29)27(32)15-10-23-8-13-25(33-3)14-9-23/h6-9,11-14,21H,4-5,10,15-20H2,1-3H3,(H,28,31). The normalized spacial score (nSPS) is 15.5. The quantitative estimate of drug-likeness (QED) is 0.633. The van der Waals surface area contributed by atoms with E-state index in [0.29, 0.717) is 19.5 Å². The van der Waals surface area contributed by atoms with Crippen LogP contribution in [-0.2, 0) is 22.4 Å². The molecule has 1 aliphatic rings. The maximum absolute atomic E-state index is 12.7. The molecule has 2 amide bonds. The lowest BCUT2D eigenvalue weighted by Crippen LogP contribution is -2.40. The van der Waals surface area contributed by atoms with Crippen molar-refractivity contribution in [3.05, 3.63) is 65.2 Å². The Bertz CT molecular complexity index is 896. The third-order valence-electron chi connectivity index (χ3n) is 6.36. The number of carbonyl (C=O) groups excluding carboxylic acids is 2. The minimum atomic E-state index is -0.0218. The van der Waals surface area contributed by atoms with Crippen molar-refractivity contribution in [2.75, 3.05) is 39.8 Å². The average Bonchev–Trinajstić information content (AvgIpc) is 3.08. The van der Waals surface area contributed by atoms with E-state index >= 15 is 0 Å². The van der Waals surface area contributed by atoms with Crippen LogP contribution in [0.1, 0.15) is 49.4 Å². The SMILES string of the molecule is CCc1ccc(C(C)NC(=O)CN2CCCN(C(=O)CCc3ccc(OC)cc3)CC2)cc1. The highest BCUT2D eigenvalue weighted by atomic mass is 16.5. The lowest BCUT2D eigenvalue weighted by molar-refractivity contribution is -0.131. The number of hydrogen-bond acceptors (Lipinski definition) is 4. The minimum Gasteiger partial charge on any atom is -0.497 e. The molecule has 33 heavy (non-hydrogen) atoms. The average molecular weight is 452 g/mol. The summed E-state index contributed by atoms with van der Waals surface area (Å²) in [6.07, 6.45) is 3.12. The van der Waals surface area contributed by atoms with Gasteiger partial charge in [0.2, 0.25) is 11.8 Å². The topological polar surface area (TPSA) is 61.9 Å². The van der Waals surface area contributed by atoms with E-state index < -0.39 is 0 Å². The summed E-state index contributed by atoms with van der Waals surface area (Å²) in [5, 5.41) is 3.11. The van der Waals surface area contributed by atoms with Crippen LogP contribution >= 0.6 is 0 Å². The van der Waals surface area contributed by atoms with Gasteiger partial charge < -0.3 is 15.0 Å². The van der Waals surface area contributed by atoms with Crippen LogP contribution in [0, 0.1) is 0 Å². The predicted molar refractivity (Wildman–Crippen MR) is 131 cm³/mol. The molecule has 178 valence electrons. The monoisotopic (exact) mass is 451 g/mol. The molecule has 1 aliphatic heterocycles. The van der Waals surface area contributed by atoms with Crippen LogP contribution in [0.3, 0.4) is 0 Å². The smallest absolute Gasteiger partial charge is 0.234 e. The van der Waals surface area contributed by atoms with Crippen molar-refractivity contribution in [2.45, 2.75) is 45.6 Å². The maximum Gasteiger partial charge on any atom is 0.234 e. The van der Waals surface area contributed by atoms with Gasteiger partial charge in [-0.15, -0.1) is 0 Å². The Morgan fingerprint density at radius 3 is 2.33 bits per heavy atom. The van der Waals surface area contributed by atoms with Crippen molar-refractivity contribution in [1.29, 1.82) is 0 Å². The summed E-state index contributed by atoms with van der Waals surface area (Å²) < 4.78 is 5.19. The molecule has 1 fully saturated rings. The second-order valence-corrected chi connectivity index (χ2v) is 8.74. The fraction of sp³-hybridized carbons (Fsp3) is 0.481. The highest BCUT2D eigenvalue weighted by molar-refractivity contribution is 5.78. The number of hydrogen-bond donors (Lipinski definition) is 1. The first-order valence-electron chi connectivity index (χ1n) is 12.0. The van der Waals surface area contributed by atoms with Gasteiger partial charge in [-0.2, -0.15) is 0 Å². The zero-order chi connectivity index (χ0) is 23.6. The number of methoxy groups -OCH3 is 1. The highest BCUT2D eigenvalue weighted by Gasteiger charge is 2.21. The second-order valence-electron chi connectivity index (χ2n) is 8.74. The van der Waals surface area contributed by atoms with E-state index in [4.69, 9.17) is 4.74 Å². The summed E-state index contributed by atoms with van der Waals surface area (Å²) in [6.45, 7) is 7.49. The highest BCUT2D eigenvalue weighted by Crippen LogP contribution is 2.15. The number of nitrogens with zero attached hydrogens (tertiary/aromatic N) is 2. The molecule has 2 aromatic rings. The lowest BCUT2D eigenvalue weighted by atomic mass is 10.1. The molecule has 1 atom stereocenters. The maximum atomic E-state index is 12.7. The van der Waals surface area contributed by atoms with Crippen LogP contribution < -0.4 is 10.1 Å². The second kappa shape index (κ2) is 12.4. The number of nitrogens with one attached hydrogen (secondary N) is 1.